The van der Waals surface area contributed by atoms with E-state index in [0.717, 1.165) is 30.5 Å². The summed E-state index contributed by atoms with van der Waals surface area (Å²) in [5.74, 6) is -6.56. The van der Waals surface area contributed by atoms with Gasteiger partial charge >= 0.3 is 23.9 Å². The van der Waals surface area contributed by atoms with E-state index >= 15 is 0 Å². The first-order valence-corrected chi connectivity index (χ1v) is 11.2. The number of esters is 2. The lowest BCUT2D eigenvalue weighted by atomic mass is 9.94. The molecule has 0 aliphatic rings. The minimum atomic E-state index is -2.07. The fraction of sp³-hybridized carbons (Fsp3) is 0.346. The Morgan fingerprint density at radius 3 is 1.81 bits per heavy atom. The second kappa shape index (κ2) is 13.0. The van der Waals surface area contributed by atoms with Crippen LogP contribution in [0.2, 0.25) is 0 Å². The van der Waals surface area contributed by atoms with Crippen molar-refractivity contribution in [1.29, 1.82) is 0 Å². The van der Waals surface area contributed by atoms with Crippen molar-refractivity contribution in [1.82, 2.24) is 5.32 Å². The quantitative estimate of drug-likeness (QED) is 0.373. The first-order valence-electron chi connectivity index (χ1n) is 11.2. The molecule has 4 atom stereocenters. The predicted octanol–water partition coefficient (Wildman–Crippen LogP) is 2.44. The Hall–Kier alpha value is -4.21. The van der Waals surface area contributed by atoms with Gasteiger partial charge in [0.1, 0.15) is 0 Å². The number of carbonyl (C=O) groups is 5. The Morgan fingerprint density at radius 2 is 1.31 bits per heavy atom. The largest absolute Gasteiger partial charge is 0.481 e. The summed E-state index contributed by atoms with van der Waals surface area (Å²) in [6.45, 7) is 3.41. The van der Waals surface area contributed by atoms with Gasteiger partial charge < -0.3 is 25.0 Å². The number of hydrogen-bond acceptors (Lipinski definition) is 7. The maximum absolute atomic E-state index is 13.0. The molecule has 0 saturated heterocycles. The van der Waals surface area contributed by atoms with Gasteiger partial charge in [0.25, 0.3) is 5.91 Å². The van der Waals surface area contributed by atoms with Crippen molar-refractivity contribution in [3.8, 4) is 11.1 Å². The third kappa shape index (κ3) is 8.53. The molecule has 0 spiro atoms. The van der Waals surface area contributed by atoms with E-state index in [4.69, 9.17) is 9.47 Å². The number of amides is 1. The highest BCUT2D eigenvalue weighted by atomic mass is 16.6. The molecule has 36 heavy (non-hydrogen) atoms. The fourth-order valence-electron chi connectivity index (χ4n) is 3.60. The number of aliphatic carboxylic acids is 2. The molecule has 3 N–H and O–H groups in total. The molecule has 2 aromatic carbocycles. The molecular weight excluding hydrogens is 470 g/mol. The summed E-state index contributed by atoms with van der Waals surface area (Å²) in [4.78, 5) is 59.0. The van der Waals surface area contributed by atoms with Crippen LogP contribution >= 0.6 is 0 Å². The maximum atomic E-state index is 13.0. The molecule has 10 nitrogen and oxygen atoms in total. The molecule has 192 valence electrons. The molecule has 0 fully saturated rings. The molecule has 0 heterocycles. The summed E-state index contributed by atoms with van der Waals surface area (Å²) < 4.78 is 9.58. The van der Waals surface area contributed by atoms with E-state index in [1.54, 1.807) is 0 Å². The molecule has 0 bridgehead atoms. The third-order valence-corrected chi connectivity index (χ3v) is 5.31. The lowest BCUT2D eigenvalue weighted by molar-refractivity contribution is -0.180. The Balaban J connectivity index is 2.27. The minimum Gasteiger partial charge on any atom is -0.481 e. The van der Waals surface area contributed by atoms with E-state index in [1.807, 2.05) is 54.6 Å². The summed E-state index contributed by atoms with van der Waals surface area (Å²) in [5.41, 5.74) is 2.78. The first kappa shape index (κ1) is 28.0. The summed E-state index contributed by atoms with van der Waals surface area (Å²) in [5, 5.41) is 21.4. The molecule has 0 saturated carbocycles. The first-order chi connectivity index (χ1) is 17.0. The number of rotatable bonds is 12. The van der Waals surface area contributed by atoms with E-state index in [-0.39, 0.29) is 12.8 Å². The van der Waals surface area contributed by atoms with E-state index in [2.05, 4.69) is 5.32 Å². The summed E-state index contributed by atoms with van der Waals surface area (Å²) >= 11 is 0. The normalized spacial score (nSPS) is 14.0. The molecule has 0 aliphatic heterocycles. The van der Waals surface area contributed by atoms with Crippen LogP contribution in [0.1, 0.15) is 32.8 Å². The summed E-state index contributed by atoms with van der Waals surface area (Å²) in [7, 11) is 0. The van der Waals surface area contributed by atoms with Gasteiger partial charge in [-0.15, -0.1) is 0 Å². The monoisotopic (exact) mass is 499 g/mol. The molecule has 2 rings (SSSR count). The Morgan fingerprint density at radius 1 is 0.778 bits per heavy atom. The number of carboxylic acids is 2. The van der Waals surface area contributed by atoms with Crippen molar-refractivity contribution in [2.45, 2.75) is 51.9 Å². The molecule has 0 aromatic heterocycles. The van der Waals surface area contributed by atoms with Crippen LogP contribution in [0.25, 0.3) is 11.1 Å². The van der Waals surface area contributed by atoms with E-state index in [1.165, 1.54) is 6.92 Å². The maximum Gasteiger partial charge on any atom is 0.349 e. The number of ether oxygens (including phenoxy) is 2. The van der Waals surface area contributed by atoms with Crippen LogP contribution in [0.5, 0.6) is 0 Å². The molecular formula is C26H29NO9. The van der Waals surface area contributed by atoms with Gasteiger partial charge in [0.2, 0.25) is 12.2 Å². The molecule has 2 aromatic rings. The van der Waals surface area contributed by atoms with Crippen LogP contribution in [0.15, 0.2) is 54.6 Å². The number of benzene rings is 2. The van der Waals surface area contributed by atoms with E-state index in [0.29, 0.717) is 0 Å². The highest BCUT2D eigenvalue weighted by Crippen LogP contribution is 2.21. The second-order valence-electron chi connectivity index (χ2n) is 8.35. The molecule has 0 aliphatic carbocycles. The smallest absolute Gasteiger partial charge is 0.349 e. The van der Waals surface area contributed by atoms with Gasteiger partial charge in [0.15, 0.2) is 0 Å². The second-order valence-corrected chi connectivity index (χ2v) is 8.35. The topological polar surface area (TPSA) is 156 Å². The van der Waals surface area contributed by atoms with E-state index < -0.39 is 54.0 Å². The molecule has 0 radical (unpaired) electrons. The van der Waals surface area contributed by atoms with Gasteiger partial charge in [-0.3, -0.25) is 19.2 Å². The lowest BCUT2D eigenvalue weighted by Gasteiger charge is -2.26. The van der Waals surface area contributed by atoms with Crippen LogP contribution in [0.3, 0.4) is 0 Å². The zero-order chi connectivity index (χ0) is 26.8. The van der Waals surface area contributed by atoms with E-state index in [9.17, 15) is 34.2 Å². The molecule has 1 amide bonds. The van der Waals surface area contributed by atoms with Crippen LogP contribution in [0, 0.1) is 5.92 Å². The number of nitrogens with one attached hydrogen (secondary N) is 1. The predicted molar refractivity (Wildman–Crippen MR) is 128 cm³/mol. The minimum absolute atomic E-state index is 0.0135. The Kier molecular flexibility index (Phi) is 10.1. The molecule has 0 unspecified atom stereocenters. The van der Waals surface area contributed by atoms with Crippen LogP contribution < -0.4 is 5.32 Å². The van der Waals surface area contributed by atoms with Gasteiger partial charge in [-0.2, -0.15) is 0 Å². The highest BCUT2D eigenvalue weighted by Gasteiger charge is 2.40. The van der Waals surface area contributed by atoms with Crippen molar-refractivity contribution in [2.24, 2.45) is 5.92 Å². The summed E-state index contributed by atoms with van der Waals surface area (Å²) in [6.07, 6.45) is -3.81. The van der Waals surface area contributed by atoms with Crippen LogP contribution in [-0.4, -0.2) is 58.2 Å². The third-order valence-electron chi connectivity index (χ3n) is 5.31. The number of carbonyl (C=O) groups excluding carboxylic acids is 3. The Labute approximate surface area is 208 Å². The van der Waals surface area contributed by atoms with Crippen LogP contribution in [-0.2, 0) is 39.9 Å². The number of hydrogen-bond donors (Lipinski definition) is 3. The average molecular weight is 500 g/mol. The zero-order valence-electron chi connectivity index (χ0n) is 20.2. The van der Waals surface area contributed by atoms with Crippen molar-refractivity contribution < 1.29 is 43.7 Å². The standard InChI is InChI=1S/C26H29NO9/c1-15(25(31)32)13-21(14-18-9-11-20(12-10-18)19-7-5-4-6-8-19)27-24(30)22(35-16(2)28)23(26(33)34)36-17(3)29/h4-12,15,21-23H,13-14H2,1-3H3,(H,27,30)(H,31,32)(H,33,34)/t15-,21+,22+,23+/m1/s1. The van der Waals surface area contributed by atoms with Crippen molar-refractivity contribution in [3.05, 3.63) is 60.2 Å². The van der Waals surface area contributed by atoms with Crippen molar-refractivity contribution in [2.75, 3.05) is 0 Å². The fourth-order valence-corrected chi connectivity index (χ4v) is 3.60. The van der Waals surface area contributed by atoms with Crippen molar-refractivity contribution >= 4 is 29.8 Å². The van der Waals surface area contributed by atoms with Gasteiger partial charge in [-0.25, -0.2) is 4.79 Å². The average Bonchev–Trinajstić information content (AvgIpc) is 2.81. The SMILES string of the molecule is CC(=O)O[C@H](C(=O)O)[C@H](OC(C)=O)C(=O)N[C@H](Cc1ccc(-c2ccccc2)cc1)C[C@@H](C)C(=O)O. The van der Waals surface area contributed by atoms with Gasteiger partial charge in [-0.05, 0) is 29.5 Å². The van der Waals surface area contributed by atoms with Crippen LogP contribution in [0.4, 0.5) is 0 Å². The van der Waals surface area contributed by atoms with Crippen molar-refractivity contribution in [3.63, 3.8) is 0 Å². The zero-order valence-corrected chi connectivity index (χ0v) is 20.2. The van der Waals surface area contributed by atoms with Gasteiger partial charge in [-0.1, -0.05) is 61.5 Å². The molecule has 10 heteroatoms. The van der Waals surface area contributed by atoms with Gasteiger partial charge in [0.05, 0.1) is 5.92 Å². The lowest BCUT2D eigenvalue weighted by Crippen LogP contribution is -2.52. The number of carboxylic acid groups (broad SMARTS) is 2. The Bertz CT molecular complexity index is 1080. The summed E-state index contributed by atoms with van der Waals surface area (Å²) in [6, 6.07) is 16.4. The highest BCUT2D eigenvalue weighted by molar-refractivity contribution is 5.91. The van der Waals surface area contributed by atoms with Gasteiger partial charge in [0, 0.05) is 19.9 Å².